The first-order valence-corrected chi connectivity index (χ1v) is 6.75. The maximum Gasteiger partial charge on any atom is 0.389 e. The van der Waals surface area contributed by atoms with Crippen molar-refractivity contribution in [1.29, 1.82) is 0 Å². The zero-order chi connectivity index (χ0) is 12.7. The summed E-state index contributed by atoms with van der Waals surface area (Å²) in [6.45, 7) is 0. The summed E-state index contributed by atoms with van der Waals surface area (Å²) in [5.74, 6) is 0.755. The zero-order valence-corrected chi connectivity index (χ0v) is 10.7. The second-order valence-corrected chi connectivity index (χ2v) is 5.22. The van der Waals surface area contributed by atoms with Crippen LogP contribution in [0.15, 0.2) is 0 Å². The highest BCUT2D eigenvalue weighted by molar-refractivity contribution is 4.72. The summed E-state index contributed by atoms with van der Waals surface area (Å²) in [5, 5.41) is 3.01. The Morgan fingerprint density at radius 2 is 1.76 bits per heavy atom. The Kier molecular flexibility index (Phi) is 6.31. The Hall–Kier alpha value is -0.250. The maximum absolute atomic E-state index is 12.1. The molecule has 0 spiro atoms. The average molecular weight is 251 g/mol. The van der Waals surface area contributed by atoms with Gasteiger partial charge in [0.1, 0.15) is 0 Å². The standard InChI is InChI=1S/C13H24F3N/c1-17-12(9-10-13(14,15)16)8-7-11-5-3-2-4-6-11/h11-12,17H,2-10H2,1H3. The molecule has 0 aromatic rings. The van der Waals surface area contributed by atoms with Crippen molar-refractivity contribution in [3.8, 4) is 0 Å². The number of hydrogen-bond acceptors (Lipinski definition) is 1. The van der Waals surface area contributed by atoms with Crippen molar-refractivity contribution in [2.75, 3.05) is 7.05 Å². The second kappa shape index (κ2) is 7.24. The summed E-state index contributed by atoms with van der Waals surface area (Å²) in [6, 6.07) is 0.0264. The van der Waals surface area contributed by atoms with E-state index in [1.54, 1.807) is 7.05 Å². The highest BCUT2D eigenvalue weighted by Crippen LogP contribution is 2.29. The summed E-state index contributed by atoms with van der Waals surface area (Å²) in [7, 11) is 1.77. The van der Waals surface area contributed by atoms with Crippen LogP contribution in [0.1, 0.15) is 57.8 Å². The topological polar surface area (TPSA) is 12.0 Å². The van der Waals surface area contributed by atoms with Crippen molar-refractivity contribution in [2.45, 2.75) is 70.0 Å². The molecule has 1 aliphatic carbocycles. The molecule has 1 saturated carbocycles. The van der Waals surface area contributed by atoms with Gasteiger partial charge in [0.15, 0.2) is 0 Å². The van der Waals surface area contributed by atoms with Gasteiger partial charge in [-0.2, -0.15) is 13.2 Å². The van der Waals surface area contributed by atoms with Gasteiger partial charge in [0, 0.05) is 12.5 Å². The Morgan fingerprint density at radius 3 is 2.29 bits per heavy atom. The van der Waals surface area contributed by atoms with E-state index >= 15 is 0 Å². The fourth-order valence-corrected chi connectivity index (χ4v) is 2.68. The molecular formula is C13H24F3N. The summed E-state index contributed by atoms with van der Waals surface area (Å²) < 4.78 is 36.4. The molecule has 1 atom stereocenters. The van der Waals surface area contributed by atoms with Crippen LogP contribution in [-0.2, 0) is 0 Å². The van der Waals surface area contributed by atoms with Crippen molar-refractivity contribution < 1.29 is 13.2 Å². The zero-order valence-electron chi connectivity index (χ0n) is 10.7. The van der Waals surface area contributed by atoms with Gasteiger partial charge in [0.05, 0.1) is 0 Å². The van der Waals surface area contributed by atoms with E-state index in [4.69, 9.17) is 0 Å². The van der Waals surface area contributed by atoms with Gasteiger partial charge in [-0.1, -0.05) is 32.1 Å². The summed E-state index contributed by atoms with van der Waals surface area (Å²) in [4.78, 5) is 0. The first-order valence-electron chi connectivity index (χ1n) is 6.75. The summed E-state index contributed by atoms with van der Waals surface area (Å²) in [6.07, 6.45) is 4.00. The molecule has 1 aliphatic rings. The third kappa shape index (κ3) is 6.92. The Morgan fingerprint density at radius 1 is 1.12 bits per heavy atom. The van der Waals surface area contributed by atoms with Crippen LogP contribution in [-0.4, -0.2) is 19.3 Å². The molecule has 17 heavy (non-hydrogen) atoms. The molecule has 0 bridgehead atoms. The van der Waals surface area contributed by atoms with Crippen molar-refractivity contribution in [3.63, 3.8) is 0 Å². The van der Waals surface area contributed by atoms with Crippen LogP contribution in [0.3, 0.4) is 0 Å². The van der Waals surface area contributed by atoms with Gasteiger partial charge < -0.3 is 5.32 Å². The van der Waals surface area contributed by atoms with E-state index in [2.05, 4.69) is 5.32 Å². The fraction of sp³-hybridized carbons (Fsp3) is 1.00. The summed E-state index contributed by atoms with van der Waals surface area (Å²) >= 11 is 0. The molecule has 0 amide bonds. The molecule has 1 fully saturated rings. The van der Waals surface area contributed by atoms with E-state index in [1.807, 2.05) is 0 Å². The predicted molar refractivity (Wildman–Crippen MR) is 63.9 cm³/mol. The minimum atomic E-state index is -4.01. The van der Waals surface area contributed by atoms with Crippen LogP contribution < -0.4 is 5.32 Å². The molecule has 102 valence electrons. The lowest BCUT2D eigenvalue weighted by Gasteiger charge is -2.24. The van der Waals surface area contributed by atoms with Crippen LogP contribution in [0.5, 0.6) is 0 Å². The van der Waals surface area contributed by atoms with Crippen molar-refractivity contribution in [1.82, 2.24) is 5.32 Å². The molecule has 0 aromatic carbocycles. The van der Waals surface area contributed by atoms with Crippen LogP contribution >= 0.6 is 0 Å². The average Bonchev–Trinajstić information content (AvgIpc) is 2.29. The Bertz CT molecular complexity index is 197. The van der Waals surface area contributed by atoms with E-state index in [9.17, 15) is 13.2 Å². The Labute approximate surface area is 102 Å². The second-order valence-electron chi connectivity index (χ2n) is 5.22. The molecule has 0 aromatic heterocycles. The quantitative estimate of drug-likeness (QED) is 0.743. The van der Waals surface area contributed by atoms with Gasteiger partial charge >= 0.3 is 6.18 Å². The predicted octanol–water partition coefficient (Wildman–Crippen LogP) is 4.28. The van der Waals surface area contributed by atoms with Crippen molar-refractivity contribution >= 4 is 0 Å². The van der Waals surface area contributed by atoms with E-state index in [1.165, 1.54) is 32.1 Å². The fourth-order valence-electron chi connectivity index (χ4n) is 2.68. The van der Waals surface area contributed by atoms with E-state index in [0.29, 0.717) is 0 Å². The van der Waals surface area contributed by atoms with Crippen LogP contribution in [0.2, 0.25) is 0 Å². The first-order chi connectivity index (χ1) is 8.01. The number of nitrogens with one attached hydrogen (secondary N) is 1. The Balaban J connectivity index is 2.17. The lowest BCUT2D eigenvalue weighted by molar-refractivity contribution is -0.136. The maximum atomic E-state index is 12.1. The van der Waals surface area contributed by atoms with Gasteiger partial charge in [0.2, 0.25) is 0 Å². The molecular weight excluding hydrogens is 227 g/mol. The van der Waals surface area contributed by atoms with Crippen LogP contribution in [0.4, 0.5) is 13.2 Å². The third-order valence-corrected chi connectivity index (χ3v) is 3.83. The van der Waals surface area contributed by atoms with Gasteiger partial charge in [-0.3, -0.25) is 0 Å². The molecule has 0 radical (unpaired) electrons. The molecule has 0 aliphatic heterocycles. The number of rotatable bonds is 6. The molecule has 1 nitrogen and oxygen atoms in total. The third-order valence-electron chi connectivity index (χ3n) is 3.83. The lowest BCUT2D eigenvalue weighted by atomic mass is 9.85. The van der Waals surface area contributed by atoms with Gasteiger partial charge in [-0.25, -0.2) is 0 Å². The largest absolute Gasteiger partial charge is 0.389 e. The van der Waals surface area contributed by atoms with Crippen LogP contribution in [0.25, 0.3) is 0 Å². The highest BCUT2D eigenvalue weighted by Gasteiger charge is 2.28. The van der Waals surface area contributed by atoms with E-state index < -0.39 is 12.6 Å². The van der Waals surface area contributed by atoms with E-state index in [-0.39, 0.29) is 12.5 Å². The summed E-state index contributed by atoms with van der Waals surface area (Å²) in [5.41, 5.74) is 0. The van der Waals surface area contributed by atoms with Crippen molar-refractivity contribution in [2.24, 2.45) is 5.92 Å². The van der Waals surface area contributed by atoms with E-state index in [0.717, 1.165) is 18.8 Å². The van der Waals surface area contributed by atoms with Gasteiger partial charge in [-0.05, 0) is 32.2 Å². The molecule has 0 heterocycles. The normalized spacial score (nSPS) is 20.5. The van der Waals surface area contributed by atoms with Gasteiger partial charge in [-0.15, -0.1) is 0 Å². The number of halogens is 3. The molecule has 4 heteroatoms. The van der Waals surface area contributed by atoms with Crippen molar-refractivity contribution in [3.05, 3.63) is 0 Å². The molecule has 1 unspecified atom stereocenters. The van der Waals surface area contributed by atoms with Crippen LogP contribution in [0, 0.1) is 5.92 Å². The number of hydrogen-bond donors (Lipinski definition) is 1. The molecule has 1 N–H and O–H groups in total. The lowest BCUT2D eigenvalue weighted by Crippen LogP contribution is -2.28. The molecule has 1 rings (SSSR count). The van der Waals surface area contributed by atoms with Gasteiger partial charge in [0.25, 0.3) is 0 Å². The SMILES string of the molecule is CNC(CCC1CCCCC1)CCC(F)(F)F. The first kappa shape index (κ1) is 14.8. The molecule has 0 saturated heterocycles. The minimum Gasteiger partial charge on any atom is -0.317 e. The smallest absolute Gasteiger partial charge is 0.317 e. The number of alkyl halides is 3. The highest BCUT2D eigenvalue weighted by atomic mass is 19.4. The monoisotopic (exact) mass is 251 g/mol. The minimum absolute atomic E-state index is 0.0264.